The van der Waals surface area contributed by atoms with E-state index < -0.39 is 11.9 Å². The highest BCUT2D eigenvalue weighted by atomic mass is 19.4. The van der Waals surface area contributed by atoms with E-state index in [1.807, 2.05) is 11.5 Å². The number of carbonyl (C=O) groups is 2. The molecule has 2 amide bonds. The SMILES string of the molecule is Cc1nccn1Cc1cc2c(c(-c3cn(C)nc3C(F)(F)F)c1)CCN(CC1CCC(=O)N(C)C1)C2=O. The van der Waals surface area contributed by atoms with Gasteiger partial charge in [0.15, 0.2) is 5.69 Å². The normalized spacial score (nSPS) is 18.5. The van der Waals surface area contributed by atoms with Crippen molar-refractivity contribution in [3.8, 4) is 11.1 Å². The van der Waals surface area contributed by atoms with Gasteiger partial charge in [0.1, 0.15) is 5.82 Å². The summed E-state index contributed by atoms with van der Waals surface area (Å²) in [5, 5.41) is 3.70. The van der Waals surface area contributed by atoms with Crippen molar-refractivity contribution in [3.05, 3.63) is 58.9 Å². The second-order valence-corrected chi connectivity index (χ2v) is 10.0. The van der Waals surface area contributed by atoms with Crippen LogP contribution in [0.2, 0.25) is 0 Å². The monoisotopic (exact) mass is 514 g/mol. The highest BCUT2D eigenvalue weighted by molar-refractivity contribution is 5.99. The quantitative estimate of drug-likeness (QED) is 0.522. The van der Waals surface area contributed by atoms with Crippen LogP contribution in [-0.4, -0.2) is 67.6 Å². The summed E-state index contributed by atoms with van der Waals surface area (Å²) in [6, 6.07) is 3.54. The number of amides is 2. The van der Waals surface area contributed by atoms with Crippen LogP contribution >= 0.6 is 0 Å². The fourth-order valence-corrected chi connectivity index (χ4v) is 5.44. The summed E-state index contributed by atoms with van der Waals surface area (Å²) in [6.45, 7) is 3.73. The van der Waals surface area contributed by atoms with Gasteiger partial charge in [0, 0.05) is 76.4 Å². The Labute approximate surface area is 212 Å². The first-order chi connectivity index (χ1) is 17.5. The Kier molecular flexibility index (Phi) is 6.33. The molecule has 0 saturated carbocycles. The van der Waals surface area contributed by atoms with Gasteiger partial charge in [-0.05, 0) is 54.5 Å². The number of fused-ring (bicyclic) bond motifs is 1. The van der Waals surface area contributed by atoms with E-state index in [9.17, 15) is 22.8 Å². The minimum Gasteiger partial charge on any atom is -0.345 e. The van der Waals surface area contributed by atoms with Crippen LogP contribution in [-0.2, 0) is 31.0 Å². The van der Waals surface area contributed by atoms with Gasteiger partial charge < -0.3 is 14.4 Å². The summed E-state index contributed by atoms with van der Waals surface area (Å²) < 4.78 is 44.8. The summed E-state index contributed by atoms with van der Waals surface area (Å²) in [6.07, 6.45) is 1.82. The smallest absolute Gasteiger partial charge is 0.345 e. The van der Waals surface area contributed by atoms with Crippen LogP contribution in [0.15, 0.2) is 30.7 Å². The van der Waals surface area contributed by atoms with Crippen molar-refractivity contribution in [2.45, 2.75) is 38.9 Å². The summed E-state index contributed by atoms with van der Waals surface area (Å²) in [5.41, 5.74) is 1.16. The van der Waals surface area contributed by atoms with Crippen LogP contribution in [0.1, 0.15) is 45.8 Å². The molecule has 11 heteroatoms. The number of halogens is 3. The molecule has 37 heavy (non-hydrogen) atoms. The van der Waals surface area contributed by atoms with Crippen LogP contribution in [0.4, 0.5) is 13.2 Å². The molecule has 1 unspecified atom stereocenters. The zero-order valence-electron chi connectivity index (χ0n) is 21.0. The van der Waals surface area contributed by atoms with E-state index in [2.05, 4.69) is 10.1 Å². The average molecular weight is 515 g/mol. The second-order valence-electron chi connectivity index (χ2n) is 10.0. The Balaban J connectivity index is 1.55. The van der Waals surface area contributed by atoms with E-state index in [0.717, 1.165) is 16.9 Å². The van der Waals surface area contributed by atoms with E-state index in [-0.39, 0.29) is 23.3 Å². The van der Waals surface area contributed by atoms with Crippen LogP contribution in [0.3, 0.4) is 0 Å². The van der Waals surface area contributed by atoms with Gasteiger partial charge in [0.25, 0.3) is 5.91 Å². The van der Waals surface area contributed by atoms with Crippen molar-refractivity contribution in [1.82, 2.24) is 29.1 Å². The van der Waals surface area contributed by atoms with Crippen molar-refractivity contribution in [2.75, 3.05) is 26.7 Å². The van der Waals surface area contributed by atoms with Gasteiger partial charge in [-0.3, -0.25) is 14.3 Å². The maximum Gasteiger partial charge on any atom is 0.435 e. The fourth-order valence-electron chi connectivity index (χ4n) is 5.44. The molecule has 0 radical (unpaired) electrons. The van der Waals surface area contributed by atoms with Gasteiger partial charge >= 0.3 is 6.18 Å². The Morgan fingerprint density at radius 2 is 1.84 bits per heavy atom. The molecule has 2 aliphatic heterocycles. The number of alkyl halides is 3. The molecule has 0 aliphatic carbocycles. The number of piperidine rings is 1. The summed E-state index contributed by atoms with van der Waals surface area (Å²) in [4.78, 5) is 33.3. The van der Waals surface area contributed by atoms with Crippen molar-refractivity contribution >= 4 is 11.8 Å². The molecular weight excluding hydrogens is 485 g/mol. The molecule has 0 spiro atoms. The van der Waals surface area contributed by atoms with Crippen molar-refractivity contribution in [3.63, 3.8) is 0 Å². The molecule has 1 aromatic carbocycles. The Bertz CT molecular complexity index is 1360. The first-order valence-corrected chi connectivity index (χ1v) is 12.3. The molecule has 0 bridgehead atoms. The lowest BCUT2D eigenvalue weighted by molar-refractivity contribution is -0.141. The second kappa shape index (κ2) is 9.35. The number of carbonyl (C=O) groups excluding carboxylic acids is 2. The number of rotatable bonds is 5. The van der Waals surface area contributed by atoms with Gasteiger partial charge in [-0.1, -0.05) is 0 Å². The zero-order chi connectivity index (χ0) is 26.5. The standard InChI is InChI=1S/C26H29F3N6O2/c1-16-30-7-9-34(16)14-18-10-20(22-15-33(3)31-24(22)26(27,28)29)19-6-8-35(25(37)21(19)11-18)13-17-4-5-23(36)32(2)12-17/h7,9-11,15,17H,4-6,8,12-14H2,1-3H3. The third-order valence-electron chi connectivity index (χ3n) is 7.33. The molecule has 2 aliphatic rings. The third-order valence-corrected chi connectivity index (χ3v) is 7.33. The van der Waals surface area contributed by atoms with Crippen LogP contribution in [0.25, 0.3) is 11.1 Å². The van der Waals surface area contributed by atoms with Crippen molar-refractivity contribution in [2.24, 2.45) is 13.0 Å². The molecule has 4 heterocycles. The highest BCUT2D eigenvalue weighted by Crippen LogP contribution is 2.40. The first kappa shape index (κ1) is 25.0. The number of hydrogen-bond acceptors (Lipinski definition) is 4. The van der Waals surface area contributed by atoms with Gasteiger partial charge in [-0.15, -0.1) is 0 Å². The van der Waals surface area contributed by atoms with E-state index in [4.69, 9.17) is 0 Å². The number of likely N-dealkylation sites (tertiary alicyclic amines) is 1. The molecule has 1 fully saturated rings. The highest BCUT2D eigenvalue weighted by Gasteiger charge is 2.39. The molecule has 1 saturated heterocycles. The molecule has 196 valence electrons. The molecule has 5 rings (SSSR count). The summed E-state index contributed by atoms with van der Waals surface area (Å²) in [5.74, 6) is 0.844. The number of nitrogens with zero attached hydrogens (tertiary/aromatic N) is 6. The van der Waals surface area contributed by atoms with Gasteiger partial charge in [0.2, 0.25) is 5.91 Å². The maximum atomic E-state index is 13.9. The Morgan fingerprint density at radius 1 is 1.08 bits per heavy atom. The van der Waals surface area contributed by atoms with Gasteiger partial charge in [-0.2, -0.15) is 18.3 Å². The van der Waals surface area contributed by atoms with Crippen molar-refractivity contribution < 1.29 is 22.8 Å². The molecule has 8 nitrogen and oxygen atoms in total. The molecular formula is C26H29F3N6O2. The largest absolute Gasteiger partial charge is 0.435 e. The molecule has 1 atom stereocenters. The van der Waals surface area contributed by atoms with Crippen LogP contribution in [0, 0.1) is 12.8 Å². The summed E-state index contributed by atoms with van der Waals surface area (Å²) >= 11 is 0. The lowest BCUT2D eigenvalue weighted by Crippen LogP contribution is -2.46. The van der Waals surface area contributed by atoms with Gasteiger partial charge in [0.05, 0.1) is 0 Å². The first-order valence-electron chi connectivity index (χ1n) is 12.3. The van der Waals surface area contributed by atoms with Crippen LogP contribution < -0.4 is 0 Å². The lowest BCUT2D eigenvalue weighted by Gasteiger charge is -2.36. The number of aryl methyl sites for hydroxylation is 2. The van der Waals surface area contributed by atoms with E-state index in [1.54, 1.807) is 41.4 Å². The summed E-state index contributed by atoms with van der Waals surface area (Å²) in [7, 11) is 3.23. The lowest BCUT2D eigenvalue weighted by atomic mass is 9.87. The number of hydrogen-bond donors (Lipinski definition) is 0. The van der Waals surface area contributed by atoms with E-state index in [0.29, 0.717) is 61.3 Å². The fraction of sp³-hybridized carbons (Fsp3) is 0.462. The van der Waals surface area contributed by atoms with E-state index in [1.165, 1.54) is 13.2 Å². The molecule has 2 aromatic heterocycles. The zero-order valence-corrected chi connectivity index (χ0v) is 21.0. The molecule has 3 aromatic rings. The number of imidazole rings is 1. The Morgan fingerprint density at radius 3 is 2.51 bits per heavy atom. The number of aromatic nitrogens is 4. The Hall–Kier alpha value is -3.63. The average Bonchev–Trinajstić information content (AvgIpc) is 3.43. The van der Waals surface area contributed by atoms with E-state index >= 15 is 0 Å². The van der Waals surface area contributed by atoms with Gasteiger partial charge in [-0.25, -0.2) is 4.98 Å². The van der Waals surface area contributed by atoms with Crippen molar-refractivity contribution in [1.29, 1.82) is 0 Å². The topological polar surface area (TPSA) is 76.3 Å². The maximum absolute atomic E-state index is 13.9. The minimum atomic E-state index is -4.63. The minimum absolute atomic E-state index is 0.0240. The predicted octanol–water partition coefficient (Wildman–Crippen LogP) is 3.53. The van der Waals surface area contributed by atoms with Crippen LogP contribution in [0.5, 0.6) is 0 Å². The number of benzene rings is 1. The predicted molar refractivity (Wildman–Crippen MR) is 130 cm³/mol. The third kappa shape index (κ3) is 4.86. The molecule has 0 N–H and O–H groups in total.